The van der Waals surface area contributed by atoms with E-state index in [0.29, 0.717) is 30.6 Å². The van der Waals surface area contributed by atoms with Crippen LogP contribution >= 0.6 is 0 Å². The van der Waals surface area contributed by atoms with Crippen LogP contribution in [0.4, 0.5) is 5.69 Å². The number of hydrogen-bond donors (Lipinski definition) is 3. The zero-order valence-corrected chi connectivity index (χ0v) is 21.0. The zero-order chi connectivity index (χ0) is 24.9. The second-order valence-corrected chi connectivity index (χ2v) is 10.4. The van der Waals surface area contributed by atoms with Crippen LogP contribution < -0.4 is 16.0 Å². The molecule has 1 aliphatic rings. The van der Waals surface area contributed by atoms with E-state index in [1.54, 1.807) is 24.3 Å². The van der Waals surface area contributed by atoms with Gasteiger partial charge in [0.25, 0.3) is 11.8 Å². The Bertz CT molecular complexity index is 1060. The first-order chi connectivity index (χ1) is 16.0. The van der Waals surface area contributed by atoms with Gasteiger partial charge in [0.05, 0.1) is 0 Å². The minimum Gasteiger partial charge on any atom is -0.354 e. The molecule has 0 aliphatic heterocycles. The highest BCUT2D eigenvalue weighted by Crippen LogP contribution is 2.46. The molecule has 1 aliphatic carbocycles. The largest absolute Gasteiger partial charge is 0.354 e. The van der Waals surface area contributed by atoms with Crippen molar-refractivity contribution >= 4 is 23.4 Å². The molecule has 0 spiro atoms. The summed E-state index contributed by atoms with van der Waals surface area (Å²) in [7, 11) is 0. The molecular weight excluding hydrogens is 426 g/mol. The van der Waals surface area contributed by atoms with Crippen LogP contribution in [0.5, 0.6) is 0 Å². The van der Waals surface area contributed by atoms with Crippen LogP contribution in [0.25, 0.3) is 0 Å². The van der Waals surface area contributed by atoms with Crippen molar-refractivity contribution in [2.24, 2.45) is 0 Å². The van der Waals surface area contributed by atoms with Crippen molar-refractivity contribution in [3.63, 3.8) is 0 Å². The summed E-state index contributed by atoms with van der Waals surface area (Å²) in [5.41, 5.74) is 4.57. The van der Waals surface area contributed by atoms with Gasteiger partial charge in [0.1, 0.15) is 0 Å². The molecule has 34 heavy (non-hydrogen) atoms. The molecule has 182 valence electrons. The predicted octanol–water partition coefficient (Wildman–Crippen LogP) is 4.93. The Kier molecular flexibility index (Phi) is 7.80. The Morgan fingerprint density at radius 3 is 1.94 bits per heavy atom. The summed E-state index contributed by atoms with van der Waals surface area (Å²) in [4.78, 5) is 36.6. The van der Waals surface area contributed by atoms with E-state index in [0.717, 1.165) is 24.9 Å². The summed E-state index contributed by atoms with van der Waals surface area (Å²) >= 11 is 0. The van der Waals surface area contributed by atoms with Gasteiger partial charge in [0.2, 0.25) is 5.91 Å². The Balaban J connectivity index is 1.60. The molecule has 0 unspecified atom stereocenters. The molecule has 0 bridgehead atoms. The summed E-state index contributed by atoms with van der Waals surface area (Å²) in [5, 5.41) is 8.54. The number of carbonyl (C=O) groups is 3. The van der Waals surface area contributed by atoms with E-state index in [2.05, 4.69) is 55.8 Å². The molecule has 6 heteroatoms. The van der Waals surface area contributed by atoms with Crippen molar-refractivity contribution in [3.8, 4) is 0 Å². The van der Waals surface area contributed by atoms with Crippen molar-refractivity contribution < 1.29 is 14.4 Å². The van der Waals surface area contributed by atoms with Gasteiger partial charge in [-0.15, -0.1) is 0 Å². The molecule has 2 aromatic carbocycles. The van der Waals surface area contributed by atoms with Crippen LogP contribution in [0.15, 0.2) is 42.5 Å². The number of nitrogens with one attached hydrogen (secondary N) is 3. The van der Waals surface area contributed by atoms with Crippen LogP contribution in [0, 0.1) is 0 Å². The fourth-order valence-corrected chi connectivity index (χ4v) is 4.44. The number of amides is 3. The second-order valence-electron chi connectivity index (χ2n) is 10.4. The van der Waals surface area contributed by atoms with Gasteiger partial charge >= 0.3 is 0 Å². The van der Waals surface area contributed by atoms with Gasteiger partial charge in [-0.1, -0.05) is 40.7 Å². The van der Waals surface area contributed by atoms with Crippen molar-refractivity contribution in [3.05, 3.63) is 64.7 Å². The molecule has 0 saturated heterocycles. The Morgan fingerprint density at radius 2 is 1.32 bits per heavy atom. The van der Waals surface area contributed by atoms with Crippen LogP contribution in [0.3, 0.4) is 0 Å². The third-order valence-electron chi connectivity index (χ3n) is 6.73. The maximum Gasteiger partial charge on any atom is 0.255 e. The van der Waals surface area contributed by atoms with E-state index in [-0.39, 0.29) is 28.6 Å². The van der Waals surface area contributed by atoms with Gasteiger partial charge in [-0.2, -0.15) is 0 Å². The lowest BCUT2D eigenvalue weighted by molar-refractivity contribution is -0.121. The summed E-state index contributed by atoms with van der Waals surface area (Å²) in [5.74, 6) is -0.465. The fourth-order valence-electron chi connectivity index (χ4n) is 4.44. The SMILES string of the molecule is CCCC(=O)NCCNC(=O)c1ccc(C(=O)Nc2ccc3c(c2)C(C)(C)CCC3(C)C)cc1. The monoisotopic (exact) mass is 463 g/mol. The highest BCUT2D eigenvalue weighted by molar-refractivity contribution is 6.05. The highest BCUT2D eigenvalue weighted by atomic mass is 16.2. The molecule has 0 saturated carbocycles. The predicted molar refractivity (Wildman–Crippen MR) is 136 cm³/mol. The van der Waals surface area contributed by atoms with Gasteiger partial charge in [-0.05, 0) is 77.6 Å². The maximum absolute atomic E-state index is 12.8. The first-order valence-corrected chi connectivity index (χ1v) is 12.1. The number of anilines is 1. The Morgan fingerprint density at radius 1 is 0.765 bits per heavy atom. The molecule has 3 amide bonds. The number of hydrogen-bond acceptors (Lipinski definition) is 3. The smallest absolute Gasteiger partial charge is 0.255 e. The molecule has 3 N–H and O–H groups in total. The van der Waals surface area contributed by atoms with Gasteiger partial charge < -0.3 is 16.0 Å². The zero-order valence-electron chi connectivity index (χ0n) is 21.0. The van der Waals surface area contributed by atoms with Crippen LogP contribution in [0.2, 0.25) is 0 Å². The quantitative estimate of drug-likeness (QED) is 0.485. The molecule has 2 aromatic rings. The first-order valence-electron chi connectivity index (χ1n) is 12.1. The molecule has 3 rings (SSSR count). The van der Waals surface area contributed by atoms with Crippen LogP contribution in [-0.2, 0) is 15.6 Å². The normalized spacial score (nSPS) is 15.7. The minimum absolute atomic E-state index is 0.0154. The average molecular weight is 464 g/mol. The molecule has 0 aromatic heterocycles. The summed E-state index contributed by atoms with van der Waals surface area (Å²) in [6.45, 7) is 11.8. The lowest BCUT2D eigenvalue weighted by Crippen LogP contribution is -2.34. The van der Waals surface area contributed by atoms with Gasteiger partial charge in [0.15, 0.2) is 0 Å². The van der Waals surface area contributed by atoms with E-state index in [1.165, 1.54) is 11.1 Å². The van der Waals surface area contributed by atoms with E-state index in [4.69, 9.17) is 0 Å². The summed E-state index contributed by atoms with van der Waals surface area (Å²) in [6.07, 6.45) is 3.53. The number of rotatable bonds is 8. The molecule has 0 radical (unpaired) electrons. The molecule has 0 heterocycles. The maximum atomic E-state index is 12.8. The molecule has 0 atom stereocenters. The van der Waals surface area contributed by atoms with E-state index < -0.39 is 0 Å². The number of benzene rings is 2. The lowest BCUT2D eigenvalue weighted by atomic mass is 9.63. The molecule has 0 fully saturated rings. The van der Waals surface area contributed by atoms with Crippen molar-refractivity contribution in [2.75, 3.05) is 18.4 Å². The standard InChI is InChI=1S/C28H37N3O3/c1-6-7-24(32)29-16-17-30-25(33)19-8-10-20(11-9-19)26(34)31-21-12-13-22-23(18-21)28(4,5)15-14-27(22,2)3/h8-13,18H,6-7,14-17H2,1-5H3,(H,29,32)(H,30,33)(H,31,34). The van der Waals surface area contributed by atoms with E-state index in [1.807, 2.05) is 13.0 Å². The van der Waals surface area contributed by atoms with Crippen molar-refractivity contribution in [1.82, 2.24) is 10.6 Å². The Labute approximate surface area is 202 Å². The van der Waals surface area contributed by atoms with Gasteiger partial charge in [-0.25, -0.2) is 0 Å². The lowest BCUT2D eigenvalue weighted by Gasteiger charge is -2.42. The van der Waals surface area contributed by atoms with Crippen molar-refractivity contribution in [1.29, 1.82) is 0 Å². The van der Waals surface area contributed by atoms with Crippen molar-refractivity contribution in [2.45, 2.75) is 71.1 Å². The molecule has 6 nitrogen and oxygen atoms in total. The number of fused-ring (bicyclic) bond motifs is 1. The highest BCUT2D eigenvalue weighted by Gasteiger charge is 2.37. The van der Waals surface area contributed by atoms with Crippen LogP contribution in [0.1, 0.15) is 92.1 Å². The second kappa shape index (κ2) is 10.4. The van der Waals surface area contributed by atoms with E-state index in [9.17, 15) is 14.4 Å². The summed E-state index contributed by atoms with van der Waals surface area (Å²) < 4.78 is 0. The van der Waals surface area contributed by atoms with Gasteiger partial charge in [0, 0.05) is 36.3 Å². The van der Waals surface area contributed by atoms with Crippen LogP contribution in [-0.4, -0.2) is 30.8 Å². The topological polar surface area (TPSA) is 87.3 Å². The third-order valence-corrected chi connectivity index (χ3v) is 6.73. The van der Waals surface area contributed by atoms with E-state index >= 15 is 0 Å². The molecular formula is C28H37N3O3. The average Bonchev–Trinajstić information content (AvgIpc) is 2.80. The fraction of sp³-hybridized carbons (Fsp3) is 0.464. The minimum atomic E-state index is -0.240. The summed E-state index contributed by atoms with van der Waals surface area (Å²) in [6, 6.07) is 12.8. The number of carbonyl (C=O) groups excluding carboxylic acids is 3. The first kappa shape index (κ1) is 25.5. The van der Waals surface area contributed by atoms with Gasteiger partial charge in [-0.3, -0.25) is 14.4 Å². The Hall–Kier alpha value is -3.15. The third kappa shape index (κ3) is 6.04.